The fourth-order valence-corrected chi connectivity index (χ4v) is 2.07. The van der Waals surface area contributed by atoms with Crippen LogP contribution in [0, 0.1) is 0 Å². The molecule has 0 saturated heterocycles. The third-order valence-electron chi connectivity index (χ3n) is 3.10. The summed E-state index contributed by atoms with van der Waals surface area (Å²) < 4.78 is 7.52. The highest BCUT2D eigenvalue weighted by molar-refractivity contribution is 5.52. The number of hydrogen-bond donors (Lipinski definition) is 1. The van der Waals surface area contributed by atoms with Gasteiger partial charge in [-0.15, -0.1) is 0 Å². The summed E-state index contributed by atoms with van der Waals surface area (Å²) in [7, 11) is 0. The fraction of sp³-hybridized carbons (Fsp3) is 0.571. The van der Waals surface area contributed by atoms with Gasteiger partial charge in [0.1, 0.15) is 5.82 Å². The van der Waals surface area contributed by atoms with Gasteiger partial charge in [-0.2, -0.15) is 4.98 Å². The summed E-state index contributed by atoms with van der Waals surface area (Å²) in [6, 6.07) is 0. The molecule has 2 aromatic heterocycles. The van der Waals surface area contributed by atoms with Crippen LogP contribution in [-0.4, -0.2) is 21.0 Å². The van der Waals surface area contributed by atoms with Gasteiger partial charge in [-0.3, -0.25) is 4.40 Å². The average Bonchev–Trinajstić information content (AvgIpc) is 2.85. The van der Waals surface area contributed by atoms with E-state index in [2.05, 4.69) is 16.9 Å². The second kappa shape index (κ2) is 6.97. The predicted octanol–water partition coefficient (Wildman–Crippen LogP) is 3.05. The van der Waals surface area contributed by atoms with Crippen LogP contribution < -0.4 is 10.5 Å². The Bertz CT molecular complexity index is 509. The molecule has 0 amide bonds. The quantitative estimate of drug-likeness (QED) is 0.742. The van der Waals surface area contributed by atoms with E-state index in [0.717, 1.165) is 12.1 Å². The van der Waals surface area contributed by atoms with Crippen LogP contribution in [0.15, 0.2) is 18.6 Å². The van der Waals surface area contributed by atoms with Crippen molar-refractivity contribution >= 4 is 11.5 Å². The first-order valence-electron chi connectivity index (χ1n) is 7.03. The number of nitrogens with two attached hydrogens (primary N) is 1. The van der Waals surface area contributed by atoms with Gasteiger partial charge < -0.3 is 10.5 Å². The topological polar surface area (TPSA) is 65.4 Å². The van der Waals surface area contributed by atoms with E-state index in [1.54, 1.807) is 12.4 Å². The molecular formula is C14H22N4O. The van der Waals surface area contributed by atoms with Crippen molar-refractivity contribution < 1.29 is 4.74 Å². The maximum atomic E-state index is 5.73. The Labute approximate surface area is 113 Å². The van der Waals surface area contributed by atoms with Gasteiger partial charge in [0.05, 0.1) is 12.8 Å². The number of anilines is 1. The van der Waals surface area contributed by atoms with Crippen LogP contribution in [0.5, 0.6) is 5.88 Å². The second-order valence-electron chi connectivity index (χ2n) is 4.75. The Balaban J connectivity index is 1.79. The lowest BCUT2D eigenvalue weighted by Gasteiger charge is -2.07. The summed E-state index contributed by atoms with van der Waals surface area (Å²) in [5.74, 6) is 0.974. The molecule has 104 valence electrons. The largest absolute Gasteiger partial charge is 0.475 e. The Kier molecular flexibility index (Phi) is 5.01. The van der Waals surface area contributed by atoms with Crippen molar-refractivity contribution in [3.8, 4) is 5.88 Å². The minimum absolute atomic E-state index is 0.448. The zero-order valence-corrected chi connectivity index (χ0v) is 11.5. The lowest BCUT2D eigenvalue weighted by atomic mass is 10.1. The molecule has 2 rings (SSSR count). The number of nitrogen functional groups attached to an aromatic ring is 1. The van der Waals surface area contributed by atoms with Crippen molar-refractivity contribution in [1.29, 1.82) is 0 Å². The summed E-state index contributed by atoms with van der Waals surface area (Å²) in [5.41, 5.74) is 6.45. The first kappa shape index (κ1) is 13.6. The fourth-order valence-electron chi connectivity index (χ4n) is 2.07. The standard InChI is InChI=1S/C14H22N4O/c1-2-3-4-5-6-7-10-19-14-13-16-8-9-18(13)11-12(15)17-14/h8-9,11H,2-7,10,15H2,1H3. The first-order valence-corrected chi connectivity index (χ1v) is 7.03. The van der Waals surface area contributed by atoms with E-state index in [4.69, 9.17) is 10.5 Å². The lowest BCUT2D eigenvalue weighted by Crippen LogP contribution is -2.04. The normalized spacial score (nSPS) is 11.0. The molecular weight excluding hydrogens is 240 g/mol. The van der Waals surface area contributed by atoms with Gasteiger partial charge in [-0.1, -0.05) is 39.0 Å². The molecule has 19 heavy (non-hydrogen) atoms. The summed E-state index contributed by atoms with van der Waals surface area (Å²) in [5, 5.41) is 0. The maximum Gasteiger partial charge on any atom is 0.260 e. The minimum Gasteiger partial charge on any atom is -0.475 e. The molecule has 0 aromatic carbocycles. The van der Waals surface area contributed by atoms with Crippen LogP contribution in [0.2, 0.25) is 0 Å². The number of imidazole rings is 1. The van der Waals surface area contributed by atoms with Crippen LogP contribution in [0.1, 0.15) is 45.4 Å². The molecule has 0 spiro atoms. The van der Waals surface area contributed by atoms with E-state index < -0.39 is 0 Å². The van der Waals surface area contributed by atoms with Crippen molar-refractivity contribution in [2.24, 2.45) is 0 Å². The SMILES string of the molecule is CCCCCCCCOc1nc(N)cn2ccnc12. The van der Waals surface area contributed by atoms with Crippen molar-refractivity contribution in [3.05, 3.63) is 18.6 Å². The number of unbranched alkanes of at least 4 members (excludes halogenated alkanes) is 5. The number of rotatable bonds is 8. The van der Waals surface area contributed by atoms with Gasteiger partial charge in [0.2, 0.25) is 5.65 Å². The molecule has 0 aliphatic carbocycles. The van der Waals surface area contributed by atoms with Crippen LogP contribution in [0.25, 0.3) is 5.65 Å². The van der Waals surface area contributed by atoms with Gasteiger partial charge in [0.25, 0.3) is 5.88 Å². The van der Waals surface area contributed by atoms with E-state index in [1.807, 2.05) is 10.6 Å². The molecule has 0 aliphatic heterocycles. The van der Waals surface area contributed by atoms with Crippen molar-refractivity contribution in [2.45, 2.75) is 45.4 Å². The van der Waals surface area contributed by atoms with Crippen LogP contribution in [-0.2, 0) is 0 Å². The van der Waals surface area contributed by atoms with E-state index in [1.165, 1.54) is 32.1 Å². The lowest BCUT2D eigenvalue weighted by molar-refractivity contribution is 0.295. The highest BCUT2D eigenvalue weighted by Crippen LogP contribution is 2.17. The molecule has 5 nitrogen and oxygen atoms in total. The molecule has 2 heterocycles. The summed E-state index contributed by atoms with van der Waals surface area (Å²) >= 11 is 0. The number of aromatic nitrogens is 3. The van der Waals surface area contributed by atoms with Gasteiger partial charge in [0.15, 0.2) is 0 Å². The van der Waals surface area contributed by atoms with Crippen molar-refractivity contribution in [1.82, 2.24) is 14.4 Å². The summed E-state index contributed by atoms with van der Waals surface area (Å²) in [6.45, 7) is 2.90. The zero-order chi connectivity index (χ0) is 13.5. The number of ether oxygens (including phenoxy) is 1. The third-order valence-corrected chi connectivity index (χ3v) is 3.10. The molecule has 0 radical (unpaired) electrons. The molecule has 2 N–H and O–H groups in total. The highest BCUT2D eigenvalue weighted by atomic mass is 16.5. The third kappa shape index (κ3) is 3.84. The average molecular weight is 262 g/mol. The minimum atomic E-state index is 0.448. The van der Waals surface area contributed by atoms with Crippen molar-refractivity contribution in [3.63, 3.8) is 0 Å². The smallest absolute Gasteiger partial charge is 0.260 e. The molecule has 0 aliphatic rings. The zero-order valence-electron chi connectivity index (χ0n) is 11.5. The molecule has 0 unspecified atom stereocenters. The van der Waals surface area contributed by atoms with E-state index in [9.17, 15) is 0 Å². The molecule has 2 aromatic rings. The maximum absolute atomic E-state index is 5.73. The monoisotopic (exact) mass is 262 g/mol. The Morgan fingerprint density at radius 2 is 2.00 bits per heavy atom. The first-order chi connectivity index (χ1) is 9.31. The Hall–Kier alpha value is -1.78. The van der Waals surface area contributed by atoms with Gasteiger partial charge in [0, 0.05) is 12.4 Å². The van der Waals surface area contributed by atoms with Crippen molar-refractivity contribution in [2.75, 3.05) is 12.3 Å². The molecule has 0 atom stereocenters. The van der Waals surface area contributed by atoms with Crippen LogP contribution in [0.4, 0.5) is 5.82 Å². The summed E-state index contributed by atoms with van der Waals surface area (Å²) in [4.78, 5) is 8.41. The number of hydrogen-bond acceptors (Lipinski definition) is 4. The summed E-state index contributed by atoms with van der Waals surface area (Å²) in [6.07, 6.45) is 12.7. The van der Waals surface area contributed by atoms with Gasteiger partial charge in [-0.05, 0) is 6.42 Å². The van der Waals surface area contributed by atoms with E-state index in [0.29, 0.717) is 18.3 Å². The number of fused-ring (bicyclic) bond motifs is 1. The molecule has 0 saturated carbocycles. The van der Waals surface area contributed by atoms with E-state index >= 15 is 0 Å². The molecule has 5 heteroatoms. The van der Waals surface area contributed by atoms with Gasteiger partial charge in [-0.25, -0.2) is 4.98 Å². The van der Waals surface area contributed by atoms with Gasteiger partial charge >= 0.3 is 0 Å². The second-order valence-corrected chi connectivity index (χ2v) is 4.75. The van der Waals surface area contributed by atoms with E-state index in [-0.39, 0.29) is 0 Å². The highest BCUT2D eigenvalue weighted by Gasteiger charge is 2.06. The molecule has 0 bridgehead atoms. The van der Waals surface area contributed by atoms with Crippen LogP contribution >= 0.6 is 0 Å². The Morgan fingerprint density at radius 3 is 2.84 bits per heavy atom. The van der Waals surface area contributed by atoms with Crippen LogP contribution in [0.3, 0.4) is 0 Å². The molecule has 0 fully saturated rings. The number of nitrogens with zero attached hydrogens (tertiary/aromatic N) is 3. The predicted molar refractivity (Wildman–Crippen MR) is 76.3 cm³/mol. The Morgan fingerprint density at radius 1 is 1.21 bits per heavy atom.